The Morgan fingerprint density at radius 1 is 1.55 bits per heavy atom. The average molecular weight is 277 g/mol. The molecule has 1 unspecified atom stereocenters. The Bertz CT molecular complexity index is 476. The van der Waals surface area contributed by atoms with Gasteiger partial charge in [0, 0.05) is 38.4 Å². The molecule has 0 spiro atoms. The van der Waals surface area contributed by atoms with Crippen LogP contribution in [0.5, 0.6) is 0 Å². The third-order valence-electron chi connectivity index (χ3n) is 3.89. The van der Waals surface area contributed by atoms with Gasteiger partial charge in [0.25, 0.3) is 0 Å². The quantitative estimate of drug-likeness (QED) is 0.367. The van der Waals surface area contributed by atoms with Crippen molar-refractivity contribution >= 4 is 5.84 Å². The van der Waals surface area contributed by atoms with Crippen molar-refractivity contribution < 1.29 is 5.21 Å². The first-order valence-electron chi connectivity index (χ1n) is 7.04. The molecule has 110 valence electrons. The molecule has 20 heavy (non-hydrogen) atoms. The number of piperazine rings is 1. The van der Waals surface area contributed by atoms with Gasteiger partial charge in [0.2, 0.25) is 0 Å². The van der Waals surface area contributed by atoms with E-state index in [1.807, 2.05) is 12.1 Å². The fourth-order valence-corrected chi connectivity index (χ4v) is 2.77. The zero-order valence-corrected chi connectivity index (χ0v) is 12.2. The maximum atomic E-state index is 8.83. The van der Waals surface area contributed by atoms with Crippen LogP contribution in [0.25, 0.3) is 0 Å². The van der Waals surface area contributed by atoms with E-state index >= 15 is 0 Å². The highest BCUT2D eigenvalue weighted by Gasteiger charge is 2.23. The summed E-state index contributed by atoms with van der Waals surface area (Å²) in [5.74, 6) is 0.0702. The molecule has 1 atom stereocenters. The lowest BCUT2D eigenvalue weighted by Crippen LogP contribution is -2.51. The zero-order chi connectivity index (χ0) is 14.5. The lowest BCUT2D eigenvalue weighted by Gasteiger charge is -2.39. The number of aromatic nitrogens is 1. The molecule has 1 aromatic rings. The standard InChI is InChI=1S/C14H23N5O/c1-3-19-8-7-18(9-11(19)2)10-12-5-4-6-16-13(12)14(15)17-20/h4-6,11,20H,3,7-10H2,1-2H3,(H2,15,17). The van der Waals surface area contributed by atoms with Gasteiger partial charge in [-0.3, -0.25) is 14.8 Å². The van der Waals surface area contributed by atoms with Crippen molar-refractivity contribution in [1.29, 1.82) is 0 Å². The fourth-order valence-electron chi connectivity index (χ4n) is 2.77. The van der Waals surface area contributed by atoms with E-state index < -0.39 is 0 Å². The van der Waals surface area contributed by atoms with Crippen molar-refractivity contribution in [3.8, 4) is 0 Å². The van der Waals surface area contributed by atoms with Crippen molar-refractivity contribution in [2.24, 2.45) is 10.9 Å². The Balaban J connectivity index is 2.08. The van der Waals surface area contributed by atoms with Crippen molar-refractivity contribution in [2.45, 2.75) is 26.4 Å². The molecule has 0 aliphatic carbocycles. The Morgan fingerprint density at radius 3 is 3.00 bits per heavy atom. The number of hydrogen-bond acceptors (Lipinski definition) is 5. The molecule has 2 heterocycles. The van der Waals surface area contributed by atoms with Gasteiger partial charge in [-0.2, -0.15) is 0 Å². The van der Waals surface area contributed by atoms with E-state index in [0.29, 0.717) is 11.7 Å². The zero-order valence-electron chi connectivity index (χ0n) is 12.2. The number of nitrogens with zero attached hydrogens (tertiary/aromatic N) is 4. The second kappa shape index (κ2) is 6.67. The van der Waals surface area contributed by atoms with Crippen LogP contribution in [-0.4, -0.2) is 58.0 Å². The molecule has 1 aromatic heterocycles. The predicted molar refractivity (Wildman–Crippen MR) is 78.7 cm³/mol. The fraction of sp³-hybridized carbons (Fsp3) is 0.571. The van der Waals surface area contributed by atoms with Crippen LogP contribution in [-0.2, 0) is 6.54 Å². The second-order valence-electron chi connectivity index (χ2n) is 5.21. The Morgan fingerprint density at radius 2 is 2.35 bits per heavy atom. The van der Waals surface area contributed by atoms with Crippen molar-refractivity contribution in [2.75, 3.05) is 26.2 Å². The summed E-state index contributed by atoms with van der Waals surface area (Å²) in [7, 11) is 0. The number of amidine groups is 1. The SMILES string of the molecule is CCN1CCN(Cc2cccnc2C(N)=NO)CC1C. The van der Waals surface area contributed by atoms with Crippen LogP contribution in [0.4, 0.5) is 0 Å². The minimum atomic E-state index is 0.0702. The van der Waals surface area contributed by atoms with Crippen LogP contribution in [0.1, 0.15) is 25.1 Å². The van der Waals surface area contributed by atoms with Crippen molar-refractivity contribution in [3.05, 3.63) is 29.6 Å². The van der Waals surface area contributed by atoms with E-state index in [2.05, 4.69) is 33.8 Å². The van der Waals surface area contributed by atoms with Crippen LogP contribution in [0, 0.1) is 0 Å². The molecule has 6 heteroatoms. The van der Waals surface area contributed by atoms with E-state index in [9.17, 15) is 0 Å². The van der Waals surface area contributed by atoms with Gasteiger partial charge >= 0.3 is 0 Å². The number of nitrogens with two attached hydrogens (primary N) is 1. The lowest BCUT2D eigenvalue weighted by molar-refractivity contribution is 0.0833. The molecular weight excluding hydrogens is 254 g/mol. The van der Waals surface area contributed by atoms with Gasteiger partial charge in [-0.1, -0.05) is 18.1 Å². The van der Waals surface area contributed by atoms with Gasteiger partial charge in [0.05, 0.1) is 0 Å². The van der Waals surface area contributed by atoms with E-state index in [4.69, 9.17) is 10.9 Å². The molecule has 1 fully saturated rings. The largest absolute Gasteiger partial charge is 0.409 e. The predicted octanol–water partition coefficient (Wildman–Crippen LogP) is 0.702. The molecular formula is C14H23N5O. The summed E-state index contributed by atoms with van der Waals surface area (Å²) in [5.41, 5.74) is 7.25. The van der Waals surface area contributed by atoms with Crippen LogP contribution in [0.3, 0.4) is 0 Å². The van der Waals surface area contributed by atoms with Crippen LogP contribution in [0.15, 0.2) is 23.5 Å². The van der Waals surface area contributed by atoms with Gasteiger partial charge in [-0.05, 0) is 25.1 Å². The van der Waals surface area contributed by atoms with Crippen molar-refractivity contribution in [1.82, 2.24) is 14.8 Å². The Labute approximate surface area is 119 Å². The summed E-state index contributed by atoms with van der Waals surface area (Å²) in [6, 6.07) is 4.42. The summed E-state index contributed by atoms with van der Waals surface area (Å²) < 4.78 is 0. The smallest absolute Gasteiger partial charge is 0.189 e. The molecule has 6 nitrogen and oxygen atoms in total. The lowest BCUT2D eigenvalue weighted by atomic mass is 10.1. The second-order valence-corrected chi connectivity index (χ2v) is 5.21. The number of rotatable bonds is 4. The molecule has 1 aliphatic heterocycles. The maximum absolute atomic E-state index is 8.83. The van der Waals surface area contributed by atoms with Crippen LogP contribution < -0.4 is 5.73 Å². The number of oxime groups is 1. The number of pyridine rings is 1. The molecule has 0 bridgehead atoms. The summed E-state index contributed by atoms with van der Waals surface area (Å²) in [4.78, 5) is 9.08. The first-order valence-corrected chi connectivity index (χ1v) is 7.04. The molecule has 2 rings (SSSR count). The third kappa shape index (κ3) is 3.26. The summed E-state index contributed by atoms with van der Waals surface area (Å²) in [6.45, 7) is 9.46. The Hall–Kier alpha value is -1.66. The van der Waals surface area contributed by atoms with Gasteiger partial charge in [0.1, 0.15) is 5.69 Å². The highest BCUT2D eigenvalue weighted by atomic mass is 16.4. The normalized spacial score (nSPS) is 22.1. The van der Waals surface area contributed by atoms with Gasteiger partial charge in [-0.15, -0.1) is 0 Å². The first kappa shape index (κ1) is 14.7. The summed E-state index contributed by atoms with van der Waals surface area (Å²) in [5, 5.41) is 11.9. The highest BCUT2D eigenvalue weighted by molar-refractivity contribution is 5.96. The molecule has 0 amide bonds. The van der Waals surface area contributed by atoms with Gasteiger partial charge in [-0.25, -0.2) is 0 Å². The van der Waals surface area contributed by atoms with Crippen molar-refractivity contribution in [3.63, 3.8) is 0 Å². The van der Waals surface area contributed by atoms with E-state index in [-0.39, 0.29) is 5.84 Å². The third-order valence-corrected chi connectivity index (χ3v) is 3.89. The first-order chi connectivity index (χ1) is 9.65. The van der Waals surface area contributed by atoms with Gasteiger partial charge < -0.3 is 10.9 Å². The maximum Gasteiger partial charge on any atom is 0.189 e. The topological polar surface area (TPSA) is 78.0 Å². The molecule has 0 aromatic carbocycles. The minimum Gasteiger partial charge on any atom is -0.409 e. The monoisotopic (exact) mass is 277 g/mol. The average Bonchev–Trinajstić information content (AvgIpc) is 2.47. The van der Waals surface area contributed by atoms with Crippen LogP contribution in [0.2, 0.25) is 0 Å². The Kier molecular flexibility index (Phi) is 4.92. The molecule has 0 saturated carbocycles. The summed E-state index contributed by atoms with van der Waals surface area (Å²) >= 11 is 0. The van der Waals surface area contributed by atoms with E-state index in [1.165, 1.54) is 0 Å². The minimum absolute atomic E-state index is 0.0702. The molecule has 1 aliphatic rings. The van der Waals surface area contributed by atoms with E-state index in [0.717, 1.165) is 38.3 Å². The van der Waals surface area contributed by atoms with E-state index in [1.54, 1.807) is 6.20 Å². The summed E-state index contributed by atoms with van der Waals surface area (Å²) in [6.07, 6.45) is 1.66. The highest BCUT2D eigenvalue weighted by Crippen LogP contribution is 2.14. The molecule has 0 radical (unpaired) electrons. The van der Waals surface area contributed by atoms with Gasteiger partial charge in [0.15, 0.2) is 5.84 Å². The number of likely N-dealkylation sites (N-methyl/N-ethyl adjacent to an activating group) is 1. The molecule has 1 saturated heterocycles. The van der Waals surface area contributed by atoms with Crippen LogP contribution >= 0.6 is 0 Å². The number of hydrogen-bond donors (Lipinski definition) is 2. The molecule has 3 N–H and O–H groups in total.